The van der Waals surface area contributed by atoms with Gasteiger partial charge < -0.3 is 11.1 Å². The molecule has 0 radical (unpaired) electrons. The second kappa shape index (κ2) is 5.68. The predicted molar refractivity (Wildman–Crippen MR) is 87.3 cm³/mol. The molecule has 3 aromatic heterocycles. The van der Waals surface area contributed by atoms with Crippen LogP contribution in [0.25, 0.3) is 16.7 Å². The van der Waals surface area contributed by atoms with Crippen LogP contribution in [0.3, 0.4) is 0 Å². The highest BCUT2D eigenvalue weighted by Crippen LogP contribution is 2.14. The van der Waals surface area contributed by atoms with Crippen LogP contribution in [0, 0.1) is 0 Å². The second-order valence-electron chi connectivity index (χ2n) is 5.13. The molecule has 0 saturated heterocycles. The number of nitrogens with zero attached hydrogens (tertiary/aromatic N) is 3. The van der Waals surface area contributed by atoms with Crippen LogP contribution < -0.4 is 21.2 Å². The molecule has 3 heterocycles. The number of hydrogen-bond acceptors (Lipinski definition) is 4. The lowest BCUT2D eigenvalue weighted by Crippen LogP contribution is -2.42. The Morgan fingerprint density at radius 1 is 1.39 bits per heavy atom. The molecule has 0 fully saturated rings. The smallest absolute Gasteiger partial charge is 0.278 e. The van der Waals surface area contributed by atoms with Crippen LogP contribution in [0.2, 0.25) is 0 Å². The van der Waals surface area contributed by atoms with Crippen molar-refractivity contribution in [1.82, 2.24) is 14.7 Å². The van der Waals surface area contributed by atoms with E-state index in [-0.39, 0.29) is 17.0 Å². The molecule has 0 aliphatic carbocycles. The van der Waals surface area contributed by atoms with E-state index in [2.05, 4.69) is 10.3 Å². The first kappa shape index (κ1) is 15.0. The van der Waals surface area contributed by atoms with Gasteiger partial charge in [-0.2, -0.15) is 0 Å². The van der Waals surface area contributed by atoms with Crippen LogP contribution in [0.5, 0.6) is 0 Å². The van der Waals surface area contributed by atoms with Gasteiger partial charge in [-0.3, -0.25) is 14.0 Å². The van der Waals surface area contributed by atoms with Crippen molar-refractivity contribution in [2.75, 3.05) is 12.3 Å². The van der Waals surface area contributed by atoms with Gasteiger partial charge in [-0.25, -0.2) is 4.57 Å². The fourth-order valence-electron chi connectivity index (χ4n) is 2.66. The molecule has 0 spiro atoms. The van der Waals surface area contributed by atoms with Gasteiger partial charge >= 0.3 is 0 Å². The molecule has 0 aliphatic rings. The molecule has 0 bridgehead atoms. The lowest BCUT2D eigenvalue weighted by molar-refractivity contribution is -0.655. The highest BCUT2D eigenvalue weighted by Gasteiger charge is 2.23. The maximum Gasteiger partial charge on any atom is 0.278 e. The highest BCUT2D eigenvalue weighted by molar-refractivity contribution is 6.00. The van der Waals surface area contributed by atoms with Crippen LogP contribution in [0.1, 0.15) is 24.2 Å². The van der Waals surface area contributed by atoms with E-state index in [4.69, 9.17) is 5.73 Å². The summed E-state index contributed by atoms with van der Waals surface area (Å²) >= 11 is 0. The summed E-state index contributed by atoms with van der Waals surface area (Å²) in [6, 6.07) is 6.86. The van der Waals surface area contributed by atoms with Gasteiger partial charge in [0.25, 0.3) is 17.1 Å². The van der Waals surface area contributed by atoms with Gasteiger partial charge in [-0.15, -0.1) is 0 Å². The maximum atomic E-state index is 12.7. The van der Waals surface area contributed by atoms with Crippen molar-refractivity contribution >= 4 is 28.4 Å². The number of fused-ring (bicyclic) bond motifs is 2. The van der Waals surface area contributed by atoms with Crippen molar-refractivity contribution in [2.24, 2.45) is 0 Å². The minimum Gasteiger partial charge on any atom is -0.352 e. The molecule has 1 amide bonds. The number of nitrogens with one attached hydrogen (secondary N) is 1. The molecule has 23 heavy (non-hydrogen) atoms. The third-order valence-corrected chi connectivity index (χ3v) is 3.76. The lowest BCUT2D eigenvalue weighted by atomic mass is 10.1. The average molecular weight is 312 g/mol. The number of hydrogen-bond donors (Lipinski definition) is 2. The molecule has 0 aromatic carbocycles. The molecule has 7 nitrogen and oxygen atoms in total. The van der Waals surface area contributed by atoms with Crippen LogP contribution in [0.4, 0.5) is 5.82 Å². The molecule has 118 valence electrons. The number of nitrogens with two attached hydrogens (primary N) is 1. The summed E-state index contributed by atoms with van der Waals surface area (Å²) in [4.78, 5) is 29.5. The van der Waals surface area contributed by atoms with E-state index in [0.29, 0.717) is 35.6 Å². The summed E-state index contributed by atoms with van der Waals surface area (Å²) in [6.45, 7) is 4.71. The van der Waals surface area contributed by atoms with Crippen molar-refractivity contribution in [3.63, 3.8) is 0 Å². The zero-order valence-electron chi connectivity index (χ0n) is 13.0. The second-order valence-corrected chi connectivity index (χ2v) is 5.13. The summed E-state index contributed by atoms with van der Waals surface area (Å²) in [7, 11) is 0. The molecule has 0 atom stereocenters. The van der Waals surface area contributed by atoms with E-state index in [9.17, 15) is 9.59 Å². The Labute approximate surface area is 132 Å². The average Bonchev–Trinajstić information content (AvgIpc) is 2.55. The topological polar surface area (TPSA) is 93.4 Å². The van der Waals surface area contributed by atoms with E-state index in [1.54, 1.807) is 22.9 Å². The number of aryl methyl sites for hydroxylation is 1. The molecule has 3 aromatic rings. The van der Waals surface area contributed by atoms with E-state index >= 15 is 0 Å². The van der Waals surface area contributed by atoms with Gasteiger partial charge in [0.1, 0.15) is 10.9 Å². The van der Waals surface area contributed by atoms with Gasteiger partial charge in [0.05, 0.1) is 6.54 Å². The van der Waals surface area contributed by atoms with E-state index in [1.165, 1.54) is 10.5 Å². The fourth-order valence-corrected chi connectivity index (χ4v) is 2.66. The molecule has 0 aliphatic heterocycles. The van der Waals surface area contributed by atoms with Crippen molar-refractivity contribution in [2.45, 2.75) is 20.4 Å². The van der Waals surface area contributed by atoms with Gasteiger partial charge in [0.15, 0.2) is 0 Å². The Hall–Kier alpha value is -2.96. The standard InChI is InChI=1S/C16H17N5O2/c1-3-18-15(22)10-9-11-14(20(4-2)13(10)17)19-12-7-5-6-8-21(12)16(11)23/h5-9,17H,3-4H2,1-2H3,(H,18,22)/p+1. The molecule has 3 N–H and O–H groups in total. The van der Waals surface area contributed by atoms with Crippen LogP contribution in [-0.4, -0.2) is 21.8 Å². The predicted octanol–water partition coefficient (Wildman–Crippen LogP) is 0.487. The minimum atomic E-state index is -0.299. The number of anilines is 1. The molecule has 7 heteroatoms. The van der Waals surface area contributed by atoms with Crippen LogP contribution >= 0.6 is 0 Å². The normalized spacial score (nSPS) is 11.0. The van der Waals surface area contributed by atoms with Crippen molar-refractivity contribution in [3.8, 4) is 0 Å². The minimum absolute atomic E-state index is 0.224. The third kappa shape index (κ3) is 2.30. The zero-order valence-corrected chi connectivity index (χ0v) is 13.0. The number of rotatable bonds is 3. The number of pyridine rings is 2. The van der Waals surface area contributed by atoms with Crippen molar-refractivity contribution < 1.29 is 9.36 Å². The van der Waals surface area contributed by atoms with E-state index in [0.717, 1.165) is 0 Å². The van der Waals surface area contributed by atoms with Gasteiger partial charge in [-0.1, -0.05) is 11.1 Å². The Morgan fingerprint density at radius 2 is 2.17 bits per heavy atom. The first-order chi connectivity index (χ1) is 11.1. The Kier molecular flexibility index (Phi) is 3.69. The summed E-state index contributed by atoms with van der Waals surface area (Å²) in [5.41, 5.74) is 7.22. The third-order valence-electron chi connectivity index (χ3n) is 3.76. The van der Waals surface area contributed by atoms with Gasteiger partial charge in [0, 0.05) is 12.7 Å². The Balaban J connectivity index is 2.45. The SMILES string of the molecule is CCNC(=O)c1cc2c(=O)n3ccccc3nc2[n+](CC)c1N. The fraction of sp³-hybridized carbons (Fsp3) is 0.250. The molecule has 0 saturated carbocycles. The summed E-state index contributed by atoms with van der Waals surface area (Å²) in [6.07, 6.45) is 1.66. The summed E-state index contributed by atoms with van der Waals surface area (Å²) < 4.78 is 3.15. The Morgan fingerprint density at radius 3 is 2.87 bits per heavy atom. The van der Waals surface area contributed by atoms with E-state index in [1.807, 2.05) is 19.9 Å². The monoisotopic (exact) mass is 312 g/mol. The molecular formula is C16H18N5O2+. The highest BCUT2D eigenvalue weighted by atomic mass is 16.1. The molecule has 3 rings (SSSR count). The zero-order chi connectivity index (χ0) is 16.6. The van der Waals surface area contributed by atoms with Crippen LogP contribution in [0.15, 0.2) is 35.3 Å². The van der Waals surface area contributed by atoms with E-state index < -0.39 is 0 Å². The van der Waals surface area contributed by atoms with Crippen molar-refractivity contribution in [1.29, 1.82) is 0 Å². The number of aromatic nitrogens is 3. The summed E-state index contributed by atoms with van der Waals surface area (Å²) in [5.74, 6) is 0.00443. The first-order valence-electron chi connectivity index (χ1n) is 7.50. The number of nitrogen functional groups attached to an aromatic ring is 1. The summed E-state index contributed by atoms with van der Waals surface area (Å²) in [5, 5.41) is 3.08. The number of carbonyl (C=O) groups excluding carboxylic acids is 1. The van der Waals surface area contributed by atoms with Gasteiger partial charge in [-0.05, 0) is 32.0 Å². The maximum absolute atomic E-state index is 12.7. The lowest BCUT2D eigenvalue weighted by Gasteiger charge is -2.10. The Bertz CT molecular complexity index is 978. The van der Waals surface area contributed by atoms with Gasteiger partial charge in [0.2, 0.25) is 11.5 Å². The largest absolute Gasteiger partial charge is 0.352 e. The quantitative estimate of drug-likeness (QED) is 0.543. The molecule has 0 unspecified atom stereocenters. The van der Waals surface area contributed by atoms with Crippen LogP contribution in [-0.2, 0) is 6.54 Å². The number of amides is 1. The number of carbonyl (C=O) groups is 1. The molecular weight excluding hydrogens is 294 g/mol. The first-order valence-corrected chi connectivity index (χ1v) is 7.50. The van der Waals surface area contributed by atoms with Crippen molar-refractivity contribution in [3.05, 3.63) is 46.4 Å².